The van der Waals surface area contributed by atoms with Crippen LogP contribution in [-0.4, -0.2) is 52.6 Å². The molecule has 0 N–H and O–H groups in total. The van der Waals surface area contributed by atoms with E-state index in [1.54, 1.807) is 30.8 Å². The molecule has 0 radical (unpaired) electrons. The molecule has 0 spiro atoms. The molecule has 0 unspecified atom stereocenters. The summed E-state index contributed by atoms with van der Waals surface area (Å²) in [5.74, 6) is 0.00611. The van der Waals surface area contributed by atoms with Crippen LogP contribution in [-0.2, 0) is 16.3 Å². The number of methoxy groups -OCH3 is 1. The summed E-state index contributed by atoms with van der Waals surface area (Å²) in [7, 11) is 5.39. The van der Waals surface area contributed by atoms with Crippen molar-refractivity contribution in [1.82, 2.24) is 9.47 Å². The second-order valence-corrected chi connectivity index (χ2v) is 7.26. The number of amidine groups is 1. The molecule has 24 heavy (non-hydrogen) atoms. The molecule has 1 aliphatic rings. The quantitative estimate of drug-likeness (QED) is 0.577. The van der Waals surface area contributed by atoms with Crippen molar-refractivity contribution in [3.8, 4) is 0 Å². The highest BCUT2D eigenvalue weighted by Crippen LogP contribution is 2.28. The van der Waals surface area contributed by atoms with Gasteiger partial charge in [0.1, 0.15) is 6.73 Å². The molecule has 1 aromatic heterocycles. The molecule has 0 saturated carbocycles. The third-order valence-corrected chi connectivity index (χ3v) is 5.48. The summed E-state index contributed by atoms with van der Waals surface area (Å²) in [6.45, 7) is 0.460. The standard InChI is InChI=1S/C17H19BrN3O2S/c1-19-15(16(22)20(2)17(19)24-4)7-11-9-21(10-23-3)14-8-12(18)5-6-13(11)14/h5-9H,10H2,1-4H3/q+1/b15-7-. The second-order valence-electron chi connectivity index (χ2n) is 5.57. The zero-order chi connectivity index (χ0) is 17.4. The van der Waals surface area contributed by atoms with Gasteiger partial charge in [-0.25, -0.2) is 9.37 Å². The molecular formula is C17H19BrN3O2S+. The fourth-order valence-corrected chi connectivity index (χ4v) is 4.04. The predicted molar refractivity (Wildman–Crippen MR) is 102 cm³/mol. The van der Waals surface area contributed by atoms with Gasteiger partial charge in [-0.05, 0) is 30.2 Å². The number of hydrogen-bond acceptors (Lipinski definition) is 3. The maximum Gasteiger partial charge on any atom is 0.381 e. The first-order valence-corrected chi connectivity index (χ1v) is 9.41. The van der Waals surface area contributed by atoms with E-state index in [9.17, 15) is 4.79 Å². The normalized spacial score (nSPS) is 17.0. The lowest BCUT2D eigenvalue weighted by Crippen LogP contribution is -2.25. The Labute approximate surface area is 153 Å². The van der Waals surface area contributed by atoms with E-state index >= 15 is 0 Å². The van der Waals surface area contributed by atoms with Crippen molar-refractivity contribution in [2.45, 2.75) is 6.73 Å². The van der Waals surface area contributed by atoms with Crippen LogP contribution in [0.25, 0.3) is 17.0 Å². The molecule has 1 amide bonds. The number of nitrogens with zero attached hydrogens (tertiary/aromatic N) is 3. The Morgan fingerprint density at radius 2 is 2.17 bits per heavy atom. The molecule has 1 aromatic carbocycles. The van der Waals surface area contributed by atoms with Gasteiger partial charge in [0, 0.05) is 34.8 Å². The Kier molecular flexibility index (Phi) is 4.85. The SMILES string of the molecule is COCn1cc(/C=C2/C(=O)N(C)C(SC)=[N+]2C)c2ccc(Br)cc21. The molecule has 0 aliphatic carbocycles. The number of amides is 1. The lowest BCUT2D eigenvalue weighted by atomic mass is 10.1. The minimum Gasteiger partial charge on any atom is -0.364 e. The Hall–Kier alpha value is -1.57. The summed E-state index contributed by atoms with van der Waals surface area (Å²) in [4.78, 5) is 14.2. The lowest BCUT2D eigenvalue weighted by Gasteiger charge is -2.02. The van der Waals surface area contributed by atoms with Crippen LogP contribution in [0, 0.1) is 0 Å². The molecule has 0 bridgehead atoms. The summed E-state index contributed by atoms with van der Waals surface area (Å²) >= 11 is 5.08. The average molecular weight is 409 g/mol. The maximum absolute atomic E-state index is 12.6. The summed E-state index contributed by atoms with van der Waals surface area (Å²) in [5.41, 5.74) is 2.73. The van der Waals surface area contributed by atoms with E-state index in [0.29, 0.717) is 12.4 Å². The van der Waals surface area contributed by atoms with Gasteiger partial charge in [0.2, 0.25) is 5.70 Å². The van der Waals surface area contributed by atoms with E-state index in [4.69, 9.17) is 4.74 Å². The highest BCUT2D eigenvalue weighted by molar-refractivity contribution is 9.10. The molecule has 3 rings (SSSR count). The molecule has 0 saturated heterocycles. The van der Waals surface area contributed by atoms with Crippen LogP contribution in [0.5, 0.6) is 0 Å². The fourth-order valence-electron chi connectivity index (χ4n) is 2.96. The van der Waals surface area contributed by atoms with E-state index in [1.807, 2.05) is 40.8 Å². The maximum atomic E-state index is 12.6. The van der Waals surface area contributed by atoms with Crippen LogP contribution in [0.3, 0.4) is 0 Å². The molecule has 0 fully saturated rings. The van der Waals surface area contributed by atoms with Crippen LogP contribution in [0.15, 0.2) is 34.6 Å². The van der Waals surface area contributed by atoms with Crippen molar-refractivity contribution in [2.24, 2.45) is 0 Å². The Bertz CT molecular complexity index is 885. The van der Waals surface area contributed by atoms with Gasteiger partial charge >= 0.3 is 11.1 Å². The van der Waals surface area contributed by atoms with Gasteiger partial charge in [0.05, 0.1) is 19.6 Å². The second kappa shape index (κ2) is 6.74. The summed E-state index contributed by atoms with van der Waals surface area (Å²) < 4.78 is 10.3. The van der Waals surface area contributed by atoms with Crippen LogP contribution >= 0.6 is 27.7 Å². The molecule has 1 aliphatic heterocycles. The van der Waals surface area contributed by atoms with Crippen molar-refractivity contribution in [3.05, 3.63) is 40.1 Å². The molecule has 0 atom stereocenters. The number of carbonyl (C=O) groups is 1. The largest absolute Gasteiger partial charge is 0.381 e. The highest BCUT2D eigenvalue weighted by atomic mass is 79.9. The Balaban J connectivity index is 2.17. The van der Waals surface area contributed by atoms with Crippen LogP contribution in [0.4, 0.5) is 0 Å². The predicted octanol–water partition coefficient (Wildman–Crippen LogP) is 3.18. The van der Waals surface area contributed by atoms with Crippen molar-refractivity contribution in [2.75, 3.05) is 27.5 Å². The fraction of sp³-hybridized carbons (Fsp3) is 0.294. The first kappa shape index (κ1) is 17.3. The molecule has 126 valence electrons. The number of halogens is 1. The summed E-state index contributed by atoms with van der Waals surface area (Å²) in [6, 6.07) is 6.12. The van der Waals surface area contributed by atoms with E-state index in [-0.39, 0.29) is 5.91 Å². The van der Waals surface area contributed by atoms with Gasteiger partial charge in [0.25, 0.3) is 0 Å². The lowest BCUT2D eigenvalue weighted by molar-refractivity contribution is -0.429. The van der Waals surface area contributed by atoms with E-state index < -0.39 is 0 Å². The van der Waals surface area contributed by atoms with E-state index in [0.717, 1.165) is 26.1 Å². The van der Waals surface area contributed by atoms with Gasteiger partial charge in [-0.1, -0.05) is 22.0 Å². The van der Waals surface area contributed by atoms with Crippen LogP contribution < -0.4 is 0 Å². The average Bonchev–Trinajstić information content (AvgIpc) is 2.98. The van der Waals surface area contributed by atoms with Crippen molar-refractivity contribution >= 4 is 55.7 Å². The molecule has 2 aromatic rings. The smallest absolute Gasteiger partial charge is 0.364 e. The monoisotopic (exact) mass is 408 g/mol. The van der Waals surface area contributed by atoms with Gasteiger partial charge in [0.15, 0.2) is 0 Å². The van der Waals surface area contributed by atoms with Crippen molar-refractivity contribution < 1.29 is 14.1 Å². The minimum atomic E-state index is 0.00611. The molecular weight excluding hydrogens is 390 g/mol. The number of benzene rings is 1. The van der Waals surface area contributed by atoms with E-state index in [2.05, 4.69) is 28.1 Å². The number of hydrogen-bond donors (Lipinski definition) is 0. The van der Waals surface area contributed by atoms with Crippen LogP contribution in [0.2, 0.25) is 0 Å². The Morgan fingerprint density at radius 1 is 1.42 bits per heavy atom. The number of ether oxygens (including phenoxy) is 1. The third-order valence-electron chi connectivity index (χ3n) is 4.08. The number of likely N-dealkylation sites (N-methyl/N-ethyl adjacent to an activating group) is 2. The number of rotatable bonds is 3. The minimum absolute atomic E-state index is 0.00611. The number of aromatic nitrogens is 1. The van der Waals surface area contributed by atoms with Gasteiger partial charge in [-0.15, -0.1) is 0 Å². The number of thioether (sulfide) groups is 1. The number of fused-ring (bicyclic) bond motifs is 1. The molecule has 2 heterocycles. The summed E-state index contributed by atoms with van der Waals surface area (Å²) in [5, 5.41) is 2.01. The van der Waals surface area contributed by atoms with E-state index in [1.165, 1.54) is 0 Å². The molecule has 5 nitrogen and oxygen atoms in total. The topological polar surface area (TPSA) is 37.5 Å². The first-order chi connectivity index (χ1) is 11.5. The highest BCUT2D eigenvalue weighted by Gasteiger charge is 2.39. The summed E-state index contributed by atoms with van der Waals surface area (Å²) in [6.07, 6.45) is 5.94. The van der Waals surface area contributed by atoms with Gasteiger partial charge in [-0.2, -0.15) is 4.90 Å². The van der Waals surface area contributed by atoms with Crippen molar-refractivity contribution in [1.29, 1.82) is 0 Å². The van der Waals surface area contributed by atoms with Gasteiger partial charge < -0.3 is 9.30 Å². The van der Waals surface area contributed by atoms with Gasteiger partial charge in [-0.3, -0.25) is 0 Å². The molecule has 7 heteroatoms. The van der Waals surface area contributed by atoms with Crippen molar-refractivity contribution in [3.63, 3.8) is 0 Å². The zero-order valence-electron chi connectivity index (χ0n) is 14.0. The zero-order valence-corrected chi connectivity index (χ0v) is 16.4. The third kappa shape index (κ3) is 2.81. The Morgan fingerprint density at radius 3 is 2.79 bits per heavy atom. The first-order valence-electron chi connectivity index (χ1n) is 7.39. The van der Waals surface area contributed by atoms with Crippen LogP contribution in [0.1, 0.15) is 5.56 Å². The number of carbonyl (C=O) groups excluding carboxylic acids is 1.